The topological polar surface area (TPSA) is 77.2 Å². The van der Waals surface area contributed by atoms with Crippen LogP contribution in [-0.4, -0.2) is 30.6 Å². The van der Waals surface area contributed by atoms with Gasteiger partial charge in [-0.05, 0) is 38.4 Å². The van der Waals surface area contributed by atoms with Crippen molar-refractivity contribution < 1.29 is 9.53 Å². The lowest BCUT2D eigenvalue weighted by atomic mass is 9.82. The maximum atomic E-state index is 11.6. The van der Waals surface area contributed by atoms with Crippen molar-refractivity contribution >= 4 is 16.8 Å². The fourth-order valence-corrected chi connectivity index (χ4v) is 2.81. The monoisotopic (exact) mass is 285 g/mol. The number of carbonyl (C=O) groups is 1. The normalized spacial score (nSPS) is 21.0. The fourth-order valence-electron chi connectivity index (χ4n) is 2.81. The van der Waals surface area contributed by atoms with Gasteiger partial charge < -0.3 is 15.8 Å². The molecule has 1 aliphatic carbocycles. The Balaban J connectivity index is 1.82. The molecule has 0 spiro atoms. The third-order valence-corrected chi connectivity index (χ3v) is 3.93. The Labute approximate surface area is 123 Å². The van der Waals surface area contributed by atoms with E-state index in [0.29, 0.717) is 17.4 Å². The van der Waals surface area contributed by atoms with Gasteiger partial charge in [0, 0.05) is 11.5 Å². The first-order valence-corrected chi connectivity index (χ1v) is 7.18. The van der Waals surface area contributed by atoms with Crippen molar-refractivity contribution in [1.82, 2.24) is 10.3 Å². The highest BCUT2D eigenvalue weighted by Gasteiger charge is 2.30. The van der Waals surface area contributed by atoms with Crippen molar-refractivity contribution in [3.63, 3.8) is 0 Å². The van der Waals surface area contributed by atoms with E-state index in [4.69, 9.17) is 10.5 Å². The van der Waals surface area contributed by atoms with Gasteiger partial charge in [-0.15, -0.1) is 0 Å². The van der Waals surface area contributed by atoms with Crippen LogP contribution in [0.1, 0.15) is 23.2 Å². The van der Waals surface area contributed by atoms with Gasteiger partial charge in [0.15, 0.2) is 0 Å². The molecule has 21 heavy (non-hydrogen) atoms. The highest BCUT2D eigenvalue weighted by atomic mass is 16.5. The number of amides is 1. The molecule has 1 aromatic carbocycles. The zero-order chi connectivity index (χ0) is 14.8. The van der Waals surface area contributed by atoms with E-state index in [2.05, 4.69) is 10.3 Å². The maximum absolute atomic E-state index is 11.6. The zero-order valence-electron chi connectivity index (χ0n) is 12.0. The van der Waals surface area contributed by atoms with Crippen LogP contribution in [0, 0.1) is 5.92 Å². The van der Waals surface area contributed by atoms with E-state index in [1.54, 1.807) is 6.07 Å². The Morgan fingerprint density at radius 3 is 2.90 bits per heavy atom. The number of carbonyl (C=O) groups excluding carboxylic acids is 1. The number of nitrogens with two attached hydrogens (primary N) is 1. The number of fused-ring (bicyclic) bond motifs is 1. The minimum Gasteiger partial charge on any atom is -0.474 e. The van der Waals surface area contributed by atoms with E-state index in [0.717, 1.165) is 30.3 Å². The molecule has 1 aromatic heterocycles. The smallest absolute Gasteiger partial charge is 0.249 e. The summed E-state index contributed by atoms with van der Waals surface area (Å²) in [7, 11) is 1.96. The van der Waals surface area contributed by atoms with Gasteiger partial charge in [-0.3, -0.25) is 4.79 Å². The molecule has 1 aliphatic rings. The van der Waals surface area contributed by atoms with E-state index in [1.165, 1.54) is 0 Å². The van der Waals surface area contributed by atoms with Crippen molar-refractivity contribution in [3.05, 3.63) is 35.9 Å². The van der Waals surface area contributed by atoms with Crippen molar-refractivity contribution in [1.29, 1.82) is 0 Å². The van der Waals surface area contributed by atoms with Crippen LogP contribution in [0.2, 0.25) is 0 Å². The van der Waals surface area contributed by atoms with Gasteiger partial charge in [0.25, 0.3) is 0 Å². The van der Waals surface area contributed by atoms with Crippen molar-refractivity contribution in [3.8, 4) is 5.88 Å². The van der Waals surface area contributed by atoms with Gasteiger partial charge in [-0.2, -0.15) is 0 Å². The lowest BCUT2D eigenvalue weighted by molar-refractivity contribution is 0.0618. The van der Waals surface area contributed by atoms with Crippen molar-refractivity contribution in [2.75, 3.05) is 13.6 Å². The lowest BCUT2D eigenvalue weighted by Gasteiger charge is -2.34. The van der Waals surface area contributed by atoms with Gasteiger partial charge in [0.2, 0.25) is 11.8 Å². The number of pyridine rings is 1. The van der Waals surface area contributed by atoms with E-state index < -0.39 is 5.91 Å². The van der Waals surface area contributed by atoms with Gasteiger partial charge in [-0.1, -0.05) is 18.2 Å². The molecule has 5 nitrogen and oxygen atoms in total. The summed E-state index contributed by atoms with van der Waals surface area (Å²) in [4.78, 5) is 16.1. The van der Waals surface area contributed by atoms with Crippen LogP contribution < -0.4 is 15.8 Å². The molecule has 3 rings (SSSR count). The average molecular weight is 285 g/mol. The standard InChI is InChI=1S/C16H19N3O2/c1-18-9-10-6-11(7-10)21-15-8-13(16(17)20)12-4-2-3-5-14(12)19-15/h2-5,8,10-11,18H,6-7,9H2,1H3,(H2,17,20). The molecule has 1 amide bonds. The Bertz CT molecular complexity index is 666. The van der Waals surface area contributed by atoms with Crippen LogP contribution in [0.3, 0.4) is 0 Å². The summed E-state index contributed by atoms with van der Waals surface area (Å²) in [5, 5.41) is 3.93. The number of hydrogen-bond donors (Lipinski definition) is 2. The minimum atomic E-state index is -0.458. The number of rotatable bonds is 5. The Morgan fingerprint density at radius 2 is 2.19 bits per heavy atom. The predicted molar refractivity (Wildman–Crippen MR) is 81.3 cm³/mol. The molecular formula is C16H19N3O2. The first-order chi connectivity index (χ1) is 10.2. The molecule has 1 heterocycles. The number of primary amides is 1. The molecular weight excluding hydrogens is 266 g/mol. The van der Waals surface area contributed by atoms with Crippen LogP contribution in [0.25, 0.3) is 10.9 Å². The van der Waals surface area contributed by atoms with Gasteiger partial charge in [0.05, 0.1) is 11.1 Å². The summed E-state index contributed by atoms with van der Waals surface area (Å²) >= 11 is 0. The quantitative estimate of drug-likeness (QED) is 0.876. The highest BCUT2D eigenvalue weighted by molar-refractivity contribution is 6.05. The van der Waals surface area contributed by atoms with Gasteiger partial charge in [-0.25, -0.2) is 4.98 Å². The maximum Gasteiger partial charge on any atom is 0.249 e. The lowest BCUT2D eigenvalue weighted by Crippen LogP contribution is -2.38. The molecule has 1 saturated carbocycles. The molecule has 1 fully saturated rings. The summed E-state index contributed by atoms with van der Waals surface area (Å²) < 4.78 is 5.88. The molecule has 0 radical (unpaired) electrons. The summed E-state index contributed by atoms with van der Waals surface area (Å²) in [5.41, 5.74) is 6.65. The highest BCUT2D eigenvalue weighted by Crippen LogP contribution is 2.31. The first kappa shape index (κ1) is 13.8. The summed E-state index contributed by atoms with van der Waals surface area (Å²) in [5.74, 6) is 0.687. The average Bonchev–Trinajstić information content (AvgIpc) is 2.44. The summed E-state index contributed by atoms with van der Waals surface area (Å²) in [6, 6.07) is 9.11. The van der Waals surface area contributed by atoms with E-state index in [9.17, 15) is 4.79 Å². The predicted octanol–water partition coefficient (Wildman–Crippen LogP) is 1.71. The third kappa shape index (κ3) is 2.83. The molecule has 2 aromatic rings. The summed E-state index contributed by atoms with van der Waals surface area (Å²) in [6.07, 6.45) is 2.21. The van der Waals surface area contributed by atoms with Crippen molar-refractivity contribution in [2.45, 2.75) is 18.9 Å². The van der Waals surface area contributed by atoms with Crippen LogP contribution in [0.4, 0.5) is 0 Å². The second kappa shape index (κ2) is 5.69. The second-order valence-electron chi connectivity index (χ2n) is 5.52. The minimum absolute atomic E-state index is 0.178. The third-order valence-electron chi connectivity index (χ3n) is 3.93. The number of aromatic nitrogens is 1. The number of hydrogen-bond acceptors (Lipinski definition) is 4. The van der Waals surface area contributed by atoms with E-state index in [-0.39, 0.29) is 6.10 Å². The molecule has 3 N–H and O–H groups in total. The molecule has 0 saturated heterocycles. The van der Waals surface area contributed by atoms with E-state index >= 15 is 0 Å². The fraction of sp³-hybridized carbons (Fsp3) is 0.375. The van der Waals surface area contributed by atoms with Crippen LogP contribution in [-0.2, 0) is 0 Å². The summed E-state index contributed by atoms with van der Waals surface area (Å²) in [6.45, 7) is 1.01. The van der Waals surface area contributed by atoms with Crippen LogP contribution >= 0.6 is 0 Å². The Morgan fingerprint density at radius 1 is 1.43 bits per heavy atom. The second-order valence-corrected chi connectivity index (χ2v) is 5.52. The number of nitrogens with zero attached hydrogens (tertiary/aromatic N) is 1. The molecule has 0 unspecified atom stereocenters. The Kier molecular flexibility index (Phi) is 3.75. The van der Waals surface area contributed by atoms with Crippen molar-refractivity contribution in [2.24, 2.45) is 11.7 Å². The van der Waals surface area contributed by atoms with Gasteiger partial charge in [0.1, 0.15) is 6.10 Å². The van der Waals surface area contributed by atoms with Gasteiger partial charge >= 0.3 is 0 Å². The van der Waals surface area contributed by atoms with E-state index in [1.807, 2.05) is 31.3 Å². The largest absolute Gasteiger partial charge is 0.474 e. The van der Waals surface area contributed by atoms with Crippen LogP contribution in [0.5, 0.6) is 5.88 Å². The molecule has 5 heteroatoms. The number of benzene rings is 1. The number of para-hydroxylation sites is 1. The molecule has 0 atom stereocenters. The number of ether oxygens (including phenoxy) is 1. The number of nitrogens with one attached hydrogen (secondary N) is 1. The Hall–Kier alpha value is -2.14. The zero-order valence-corrected chi connectivity index (χ0v) is 12.0. The van der Waals surface area contributed by atoms with Crippen LogP contribution in [0.15, 0.2) is 30.3 Å². The molecule has 0 bridgehead atoms. The SMILES string of the molecule is CNCC1CC(Oc2cc(C(N)=O)c3ccccc3n2)C1. The molecule has 0 aliphatic heterocycles. The molecule has 110 valence electrons. The first-order valence-electron chi connectivity index (χ1n) is 7.18.